The van der Waals surface area contributed by atoms with Crippen molar-refractivity contribution in [2.75, 3.05) is 12.0 Å². The number of furan rings is 1. The third kappa shape index (κ3) is 4.34. The molecule has 0 unspecified atom stereocenters. The summed E-state index contributed by atoms with van der Waals surface area (Å²) in [6.45, 7) is 0.273. The lowest BCUT2D eigenvalue weighted by molar-refractivity contribution is -0.114. The molecule has 0 saturated heterocycles. The van der Waals surface area contributed by atoms with Gasteiger partial charge in [0, 0.05) is 11.1 Å². The number of anilines is 1. The van der Waals surface area contributed by atoms with Crippen LogP contribution in [0.3, 0.4) is 0 Å². The van der Waals surface area contributed by atoms with E-state index in [-0.39, 0.29) is 12.5 Å². The number of rotatable bonds is 6. The van der Waals surface area contributed by atoms with Crippen LogP contribution in [-0.4, -0.2) is 18.0 Å². The standard InChI is InChI=1S/C22H17ClN2O3S/c1-27-16-9-10-19-20(13-16)29-22(24-19)25(14-17-6-4-12-28-17)21(26)11-8-15-5-2-3-7-18(15)23/h2-13H,14H2,1H3/b11-8+. The highest BCUT2D eigenvalue weighted by molar-refractivity contribution is 7.22. The summed E-state index contributed by atoms with van der Waals surface area (Å²) in [5.74, 6) is 1.20. The zero-order valence-electron chi connectivity index (χ0n) is 15.5. The molecule has 2 aromatic heterocycles. The normalized spacial score (nSPS) is 11.2. The van der Waals surface area contributed by atoms with E-state index in [1.807, 2.05) is 42.5 Å². The topological polar surface area (TPSA) is 55.6 Å². The summed E-state index contributed by atoms with van der Waals surface area (Å²) in [5.41, 5.74) is 1.58. The highest BCUT2D eigenvalue weighted by Crippen LogP contribution is 2.32. The highest BCUT2D eigenvalue weighted by Gasteiger charge is 2.20. The van der Waals surface area contributed by atoms with E-state index in [2.05, 4.69) is 4.98 Å². The molecule has 0 N–H and O–H groups in total. The number of hydrogen-bond acceptors (Lipinski definition) is 5. The first-order chi connectivity index (χ1) is 14.1. The Balaban J connectivity index is 1.67. The average Bonchev–Trinajstić information content (AvgIpc) is 3.40. The Bertz CT molecular complexity index is 1170. The van der Waals surface area contributed by atoms with Crippen molar-refractivity contribution in [2.45, 2.75) is 6.54 Å². The first kappa shape index (κ1) is 19.2. The van der Waals surface area contributed by atoms with Crippen LogP contribution in [0.25, 0.3) is 16.3 Å². The van der Waals surface area contributed by atoms with Gasteiger partial charge in [0.25, 0.3) is 5.91 Å². The fraction of sp³-hybridized carbons (Fsp3) is 0.0909. The number of benzene rings is 2. The van der Waals surface area contributed by atoms with Crippen LogP contribution in [0.2, 0.25) is 5.02 Å². The van der Waals surface area contributed by atoms with E-state index in [0.29, 0.717) is 15.9 Å². The molecule has 0 fully saturated rings. The summed E-state index contributed by atoms with van der Waals surface area (Å²) < 4.78 is 11.7. The van der Waals surface area contributed by atoms with Crippen LogP contribution >= 0.6 is 22.9 Å². The molecule has 0 bridgehead atoms. The zero-order chi connectivity index (χ0) is 20.2. The highest BCUT2D eigenvalue weighted by atomic mass is 35.5. The third-order valence-corrected chi connectivity index (χ3v) is 5.67. The summed E-state index contributed by atoms with van der Waals surface area (Å²) in [6.07, 6.45) is 4.79. The van der Waals surface area contributed by atoms with E-state index in [9.17, 15) is 4.79 Å². The second-order valence-corrected chi connectivity index (χ2v) is 7.60. The Kier molecular flexibility index (Phi) is 5.64. The Labute approximate surface area is 176 Å². The number of hydrogen-bond donors (Lipinski definition) is 0. The number of methoxy groups -OCH3 is 1. The van der Waals surface area contributed by atoms with Crippen molar-refractivity contribution in [3.05, 3.63) is 83.3 Å². The van der Waals surface area contributed by atoms with Crippen molar-refractivity contribution >= 4 is 50.3 Å². The maximum Gasteiger partial charge on any atom is 0.253 e. The number of halogens is 1. The number of fused-ring (bicyclic) bond motifs is 1. The van der Waals surface area contributed by atoms with E-state index in [1.54, 1.807) is 36.5 Å². The number of ether oxygens (including phenoxy) is 1. The summed E-state index contributed by atoms with van der Waals surface area (Å²) in [6, 6.07) is 16.6. The molecular formula is C22H17ClN2O3S. The number of thiazole rings is 1. The summed E-state index contributed by atoms with van der Waals surface area (Å²) in [5, 5.41) is 1.17. The first-order valence-electron chi connectivity index (χ1n) is 8.85. The van der Waals surface area contributed by atoms with E-state index in [0.717, 1.165) is 21.5 Å². The fourth-order valence-corrected chi connectivity index (χ4v) is 3.99. The molecular weight excluding hydrogens is 408 g/mol. The van der Waals surface area contributed by atoms with Crippen LogP contribution in [-0.2, 0) is 11.3 Å². The Morgan fingerprint density at radius 3 is 2.86 bits per heavy atom. The molecule has 4 aromatic rings. The van der Waals surface area contributed by atoms with E-state index in [4.69, 9.17) is 20.8 Å². The Hall–Kier alpha value is -3.09. The molecule has 0 saturated carbocycles. The summed E-state index contributed by atoms with van der Waals surface area (Å²) in [7, 11) is 1.62. The summed E-state index contributed by atoms with van der Waals surface area (Å²) >= 11 is 7.61. The minimum absolute atomic E-state index is 0.215. The summed E-state index contributed by atoms with van der Waals surface area (Å²) in [4.78, 5) is 19.3. The van der Waals surface area contributed by atoms with Crippen LogP contribution < -0.4 is 9.64 Å². The maximum absolute atomic E-state index is 13.1. The molecule has 2 aromatic carbocycles. The number of carbonyl (C=O) groups excluding carboxylic acids is 1. The van der Waals surface area contributed by atoms with Gasteiger partial charge in [0.15, 0.2) is 5.13 Å². The lowest BCUT2D eigenvalue weighted by Gasteiger charge is -2.16. The number of amides is 1. The van der Waals surface area contributed by atoms with Gasteiger partial charge in [-0.1, -0.05) is 41.1 Å². The van der Waals surface area contributed by atoms with Crippen molar-refractivity contribution < 1.29 is 13.9 Å². The average molecular weight is 425 g/mol. The van der Waals surface area contributed by atoms with Gasteiger partial charge in [-0.05, 0) is 48.0 Å². The zero-order valence-corrected chi connectivity index (χ0v) is 17.1. The SMILES string of the molecule is COc1ccc2nc(N(Cc3ccco3)C(=O)/C=C/c3ccccc3Cl)sc2c1. The van der Waals surface area contributed by atoms with Crippen molar-refractivity contribution in [3.63, 3.8) is 0 Å². The molecule has 0 aliphatic rings. The van der Waals surface area contributed by atoms with Crippen LogP contribution in [0, 0.1) is 0 Å². The second kappa shape index (κ2) is 8.51. The van der Waals surface area contributed by atoms with Crippen molar-refractivity contribution in [1.82, 2.24) is 4.98 Å². The van der Waals surface area contributed by atoms with Gasteiger partial charge in [0.05, 0.1) is 30.1 Å². The minimum atomic E-state index is -0.215. The second-order valence-electron chi connectivity index (χ2n) is 6.19. The minimum Gasteiger partial charge on any atom is -0.497 e. The van der Waals surface area contributed by atoms with E-state index < -0.39 is 0 Å². The van der Waals surface area contributed by atoms with Crippen LogP contribution in [0.15, 0.2) is 71.4 Å². The van der Waals surface area contributed by atoms with Gasteiger partial charge < -0.3 is 9.15 Å². The predicted molar refractivity (Wildman–Crippen MR) is 117 cm³/mol. The molecule has 0 aliphatic heterocycles. The molecule has 146 valence electrons. The van der Waals surface area contributed by atoms with Crippen molar-refractivity contribution in [3.8, 4) is 5.75 Å². The van der Waals surface area contributed by atoms with Gasteiger partial charge >= 0.3 is 0 Å². The van der Waals surface area contributed by atoms with Crippen molar-refractivity contribution in [2.24, 2.45) is 0 Å². The van der Waals surface area contributed by atoms with Crippen LogP contribution in [0.4, 0.5) is 5.13 Å². The van der Waals surface area contributed by atoms with Crippen LogP contribution in [0.5, 0.6) is 5.75 Å². The molecule has 0 aliphatic carbocycles. The Morgan fingerprint density at radius 2 is 2.10 bits per heavy atom. The van der Waals surface area contributed by atoms with Gasteiger partial charge in [-0.3, -0.25) is 9.69 Å². The molecule has 4 rings (SSSR count). The first-order valence-corrected chi connectivity index (χ1v) is 10.0. The molecule has 5 nitrogen and oxygen atoms in total. The lowest BCUT2D eigenvalue weighted by Crippen LogP contribution is -2.28. The molecule has 0 radical (unpaired) electrons. The maximum atomic E-state index is 13.1. The van der Waals surface area contributed by atoms with Gasteiger partial charge in [-0.2, -0.15) is 0 Å². The van der Waals surface area contributed by atoms with Gasteiger partial charge in [0.2, 0.25) is 0 Å². The van der Waals surface area contributed by atoms with Crippen LogP contribution in [0.1, 0.15) is 11.3 Å². The molecule has 0 atom stereocenters. The fourth-order valence-electron chi connectivity index (χ4n) is 2.79. The van der Waals surface area contributed by atoms with Gasteiger partial charge in [-0.15, -0.1) is 0 Å². The monoisotopic (exact) mass is 424 g/mol. The molecule has 0 spiro atoms. The third-order valence-electron chi connectivity index (χ3n) is 4.29. The number of nitrogens with zero attached hydrogens (tertiary/aromatic N) is 2. The van der Waals surface area contributed by atoms with Gasteiger partial charge in [-0.25, -0.2) is 4.98 Å². The largest absolute Gasteiger partial charge is 0.497 e. The quantitative estimate of drug-likeness (QED) is 0.367. The van der Waals surface area contributed by atoms with E-state index in [1.165, 1.54) is 17.4 Å². The predicted octanol–water partition coefficient (Wildman–Crippen LogP) is 5.80. The van der Waals surface area contributed by atoms with E-state index >= 15 is 0 Å². The molecule has 7 heteroatoms. The lowest BCUT2D eigenvalue weighted by atomic mass is 10.2. The number of carbonyl (C=O) groups is 1. The Morgan fingerprint density at radius 1 is 1.24 bits per heavy atom. The molecule has 1 amide bonds. The molecule has 2 heterocycles. The van der Waals surface area contributed by atoms with Gasteiger partial charge in [0.1, 0.15) is 11.5 Å². The smallest absolute Gasteiger partial charge is 0.253 e. The molecule has 29 heavy (non-hydrogen) atoms. The number of aromatic nitrogens is 1. The van der Waals surface area contributed by atoms with Crippen molar-refractivity contribution in [1.29, 1.82) is 0 Å².